The van der Waals surface area contributed by atoms with E-state index in [0.717, 1.165) is 4.47 Å². The molecule has 19 heavy (non-hydrogen) atoms. The second-order valence-corrected chi connectivity index (χ2v) is 6.42. The van der Waals surface area contributed by atoms with E-state index in [4.69, 9.17) is 0 Å². The second kappa shape index (κ2) is 6.34. The number of aliphatic hydroxyl groups is 1. The lowest BCUT2D eigenvalue weighted by Gasteiger charge is -2.25. The van der Waals surface area contributed by atoms with Crippen molar-refractivity contribution in [1.29, 1.82) is 0 Å². The lowest BCUT2D eigenvalue weighted by Crippen LogP contribution is -2.41. The lowest BCUT2D eigenvalue weighted by molar-refractivity contribution is -0.122. The van der Waals surface area contributed by atoms with Gasteiger partial charge in [0.05, 0.1) is 6.10 Å². The Balaban J connectivity index is 2.57. The fourth-order valence-corrected chi connectivity index (χ4v) is 1.73. The first-order valence-electron chi connectivity index (χ1n) is 6.01. The predicted octanol–water partition coefficient (Wildman–Crippen LogP) is 1.13. The van der Waals surface area contributed by atoms with E-state index in [0.29, 0.717) is 0 Å². The topological polar surface area (TPSA) is 71.3 Å². The van der Waals surface area contributed by atoms with Gasteiger partial charge in [-0.05, 0) is 27.4 Å². The number of aromatic nitrogens is 1. The third-order valence-corrected chi connectivity index (χ3v) is 3.22. The van der Waals surface area contributed by atoms with E-state index in [1.54, 1.807) is 12.3 Å². The Hall–Kier alpha value is -1.14. The van der Waals surface area contributed by atoms with Crippen molar-refractivity contribution in [1.82, 2.24) is 9.88 Å². The Morgan fingerprint density at radius 3 is 2.68 bits per heavy atom. The summed E-state index contributed by atoms with van der Waals surface area (Å²) in [4.78, 5) is 23.2. The first-order chi connectivity index (χ1) is 8.70. The van der Waals surface area contributed by atoms with Crippen molar-refractivity contribution in [2.45, 2.75) is 33.4 Å². The number of nitrogens with one attached hydrogen (secondary N) is 1. The van der Waals surface area contributed by atoms with Gasteiger partial charge >= 0.3 is 0 Å². The van der Waals surface area contributed by atoms with Gasteiger partial charge in [-0.3, -0.25) is 9.59 Å². The number of rotatable bonds is 4. The maximum atomic E-state index is 11.7. The number of pyridine rings is 1. The van der Waals surface area contributed by atoms with Crippen LogP contribution in [0.3, 0.4) is 0 Å². The molecule has 2 N–H and O–H groups in total. The second-order valence-electron chi connectivity index (χ2n) is 5.50. The van der Waals surface area contributed by atoms with Crippen LogP contribution in [-0.4, -0.2) is 28.2 Å². The van der Waals surface area contributed by atoms with Crippen molar-refractivity contribution in [3.8, 4) is 0 Å². The Bertz CT molecular complexity index is 505. The van der Waals surface area contributed by atoms with Crippen LogP contribution in [0.25, 0.3) is 0 Å². The highest BCUT2D eigenvalue weighted by Crippen LogP contribution is 2.18. The summed E-state index contributed by atoms with van der Waals surface area (Å²) < 4.78 is 2.04. The summed E-state index contributed by atoms with van der Waals surface area (Å²) in [6, 6.07) is 3.02. The molecule has 0 radical (unpaired) electrons. The van der Waals surface area contributed by atoms with Crippen molar-refractivity contribution in [2.75, 3.05) is 6.54 Å². The van der Waals surface area contributed by atoms with Gasteiger partial charge in [-0.1, -0.05) is 20.8 Å². The Morgan fingerprint density at radius 2 is 2.11 bits per heavy atom. The van der Waals surface area contributed by atoms with Gasteiger partial charge in [-0.2, -0.15) is 0 Å². The number of carbonyl (C=O) groups excluding carboxylic acids is 1. The number of hydrogen-bond donors (Lipinski definition) is 2. The summed E-state index contributed by atoms with van der Waals surface area (Å²) in [5.74, 6) is -0.302. The predicted molar refractivity (Wildman–Crippen MR) is 76.9 cm³/mol. The van der Waals surface area contributed by atoms with E-state index >= 15 is 0 Å². The molecular weight excluding hydrogens is 312 g/mol. The van der Waals surface area contributed by atoms with E-state index in [-0.39, 0.29) is 30.0 Å². The molecule has 1 aromatic rings. The van der Waals surface area contributed by atoms with Crippen molar-refractivity contribution >= 4 is 21.8 Å². The van der Waals surface area contributed by atoms with Crippen LogP contribution in [0.1, 0.15) is 20.8 Å². The maximum absolute atomic E-state index is 11.7. The zero-order valence-corrected chi connectivity index (χ0v) is 12.9. The molecule has 0 fully saturated rings. The van der Waals surface area contributed by atoms with Crippen molar-refractivity contribution < 1.29 is 9.90 Å². The monoisotopic (exact) mass is 330 g/mol. The normalized spacial score (nSPS) is 13.1. The molecule has 1 aromatic heterocycles. The van der Waals surface area contributed by atoms with Crippen LogP contribution < -0.4 is 10.9 Å². The molecule has 1 atom stereocenters. The molecule has 0 spiro atoms. The van der Waals surface area contributed by atoms with Gasteiger partial charge in [0.1, 0.15) is 6.54 Å². The Labute approximate surface area is 120 Å². The van der Waals surface area contributed by atoms with Crippen LogP contribution in [0.5, 0.6) is 0 Å². The number of hydrogen-bond acceptors (Lipinski definition) is 3. The molecular formula is C13H19BrN2O3. The molecule has 0 aliphatic carbocycles. The molecule has 1 heterocycles. The first-order valence-corrected chi connectivity index (χ1v) is 6.80. The summed E-state index contributed by atoms with van der Waals surface area (Å²) in [5, 5.41) is 12.4. The largest absolute Gasteiger partial charge is 0.391 e. The van der Waals surface area contributed by atoms with E-state index in [2.05, 4.69) is 21.2 Å². The number of carbonyl (C=O) groups is 1. The van der Waals surface area contributed by atoms with Gasteiger partial charge in [0, 0.05) is 23.3 Å². The molecule has 0 aliphatic rings. The Kier molecular flexibility index (Phi) is 5.31. The minimum atomic E-state index is -0.629. The fourth-order valence-electron chi connectivity index (χ4n) is 1.35. The van der Waals surface area contributed by atoms with Gasteiger partial charge in [-0.25, -0.2) is 0 Å². The smallest absolute Gasteiger partial charge is 0.251 e. The van der Waals surface area contributed by atoms with Crippen LogP contribution >= 0.6 is 15.9 Å². The van der Waals surface area contributed by atoms with Gasteiger partial charge in [0.25, 0.3) is 5.56 Å². The highest BCUT2D eigenvalue weighted by atomic mass is 79.9. The molecule has 0 aliphatic heterocycles. The van der Waals surface area contributed by atoms with Gasteiger partial charge in [0.15, 0.2) is 0 Å². The van der Waals surface area contributed by atoms with Crippen LogP contribution in [0.2, 0.25) is 0 Å². The third kappa shape index (κ3) is 5.16. The van der Waals surface area contributed by atoms with Crippen LogP contribution in [0.15, 0.2) is 27.6 Å². The molecule has 0 saturated heterocycles. The molecule has 1 unspecified atom stereocenters. The average molecular weight is 331 g/mol. The van der Waals surface area contributed by atoms with E-state index in [1.807, 2.05) is 20.8 Å². The van der Waals surface area contributed by atoms with Crippen LogP contribution in [-0.2, 0) is 11.3 Å². The first kappa shape index (κ1) is 15.9. The maximum Gasteiger partial charge on any atom is 0.251 e. The Morgan fingerprint density at radius 1 is 1.47 bits per heavy atom. The van der Waals surface area contributed by atoms with Crippen LogP contribution in [0.4, 0.5) is 0 Å². The SMILES string of the molecule is CC(C)(C)C(O)CNC(=O)Cn1cc(Br)ccc1=O. The molecule has 0 aromatic carbocycles. The number of halogens is 1. The summed E-state index contributed by atoms with van der Waals surface area (Å²) in [5.41, 5.74) is -0.533. The van der Waals surface area contributed by atoms with Gasteiger partial charge in [-0.15, -0.1) is 0 Å². The molecule has 1 rings (SSSR count). The molecule has 0 saturated carbocycles. The molecule has 1 amide bonds. The summed E-state index contributed by atoms with van der Waals surface area (Å²) >= 11 is 3.24. The number of nitrogens with zero attached hydrogens (tertiary/aromatic N) is 1. The van der Waals surface area contributed by atoms with E-state index in [9.17, 15) is 14.7 Å². The fraction of sp³-hybridized carbons (Fsp3) is 0.538. The lowest BCUT2D eigenvalue weighted by atomic mass is 9.89. The standard InChI is InChI=1S/C13H19BrN2O3/c1-13(2,3)10(17)6-15-11(18)8-16-7-9(14)4-5-12(16)19/h4-5,7,10,17H,6,8H2,1-3H3,(H,15,18). The number of aliphatic hydroxyl groups excluding tert-OH is 1. The summed E-state index contributed by atoms with van der Waals surface area (Å²) in [7, 11) is 0. The molecule has 5 nitrogen and oxygen atoms in total. The van der Waals surface area contributed by atoms with Gasteiger partial charge in [0.2, 0.25) is 5.91 Å². The quantitative estimate of drug-likeness (QED) is 0.869. The third-order valence-electron chi connectivity index (χ3n) is 2.75. The van der Waals surface area contributed by atoms with E-state index in [1.165, 1.54) is 10.6 Å². The summed E-state index contributed by atoms with van der Waals surface area (Å²) in [6.07, 6.45) is 0.929. The van der Waals surface area contributed by atoms with Crippen molar-refractivity contribution in [2.24, 2.45) is 5.41 Å². The van der Waals surface area contributed by atoms with Gasteiger partial charge < -0.3 is 15.0 Å². The summed E-state index contributed by atoms with van der Waals surface area (Å²) in [6.45, 7) is 5.79. The van der Waals surface area contributed by atoms with Crippen molar-refractivity contribution in [3.63, 3.8) is 0 Å². The average Bonchev–Trinajstić information content (AvgIpc) is 2.29. The molecule has 0 bridgehead atoms. The highest BCUT2D eigenvalue weighted by molar-refractivity contribution is 9.10. The zero-order valence-electron chi connectivity index (χ0n) is 11.3. The molecule has 6 heteroatoms. The zero-order chi connectivity index (χ0) is 14.6. The number of amides is 1. The van der Waals surface area contributed by atoms with E-state index < -0.39 is 6.10 Å². The minimum Gasteiger partial charge on any atom is -0.391 e. The molecule has 106 valence electrons. The minimum absolute atomic E-state index is 0.0604. The van der Waals surface area contributed by atoms with Crippen molar-refractivity contribution in [3.05, 3.63) is 33.2 Å². The highest BCUT2D eigenvalue weighted by Gasteiger charge is 2.22. The van der Waals surface area contributed by atoms with Crippen LogP contribution in [0, 0.1) is 5.41 Å².